The second kappa shape index (κ2) is 5.42. The Morgan fingerprint density at radius 2 is 1.47 bits per heavy atom. The summed E-state index contributed by atoms with van der Waals surface area (Å²) in [6.07, 6.45) is 1.52. The highest BCUT2D eigenvalue weighted by molar-refractivity contribution is 5.24. The van der Waals surface area contributed by atoms with Gasteiger partial charge in [0.25, 0.3) is 0 Å². The van der Waals surface area contributed by atoms with Gasteiger partial charge in [-0.15, -0.1) is 0 Å². The summed E-state index contributed by atoms with van der Waals surface area (Å²) in [6.45, 7) is 0.562. The normalized spacial score (nSPS) is 20.8. The van der Waals surface area contributed by atoms with Gasteiger partial charge < -0.3 is 5.73 Å². The van der Waals surface area contributed by atoms with Crippen LogP contribution in [0.15, 0.2) is 0 Å². The SMILES string of the molecule is NC1CCCN(Cc2c(F)c(F)c(F)c(F)c2F)C1. The van der Waals surface area contributed by atoms with E-state index in [0.717, 1.165) is 12.8 Å². The van der Waals surface area contributed by atoms with E-state index in [1.165, 1.54) is 0 Å². The average Bonchev–Trinajstić information content (AvgIpc) is 2.39. The van der Waals surface area contributed by atoms with Gasteiger partial charge >= 0.3 is 0 Å². The first-order valence-corrected chi connectivity index (χ1v) is 5.90. The molecule has 106 valence electrons. The first kappa shape index (κ1) is 14.2. The van der Waals surface area contributed by atoms with Crippen LogP contribution in [0.3, 0.4) is 0 Å². The van der Waals surface area contributed by atoms with E-state index in [0.29, 0.717) is 13.1 Å². The number of hydrogen-bond donors (Lipinski definition) is 1. The second-order valence-electron chi connectivity index (χ2n) is 4.69. The number of piperidine rings is 1. The van der Waals surface area contributed by atoms with Gasteiger partial charge in [0.15, 0.2) is 23.3 Å². The Labute approximate surface area is 107 Å². The summed E-state index contributed by atoms with van der Waals surface area (Å²) in [6, 6.07) is -0.144. The van der Waals surface area contributed by atoms with Gasteiger partial charge in [0, 0.05) is 24.7 Å². The summed E-state index contributed by atoms with van der Waals surface area (Å²) in [5.74, 6) is -9.48. The third kappa shape index (κ3) is 2.71. The van der Waals surface area contributed by atoms with Crippen LogP contribution in [0, 0.1) is 29.1 Å². The lowest BCUT2D eigenvalue weighted by molar-refractivity contribution is 0.194. The monoisotopic (exact) mass is 280 g/mol. The minimum Gasteiger partial charge on any atom is -0.327 e. The van der Waals surface area contributed by atoms with Crippen molar-refractivity contribution in [3.05, 3.63) is 34.6 Å². The largest absolute Gasteiger partial charge is 0.327 e. The van der Waals surface area contributed by atoms with Crippen molar-refractivity contribution in [3.63, 3.8) is 0 Å². The van der Waals surface area contributed by atoms with Crippen LogP contribution in [0.1, 0.15) is 18.4 Å². The highest BCUT2D eigenvalue weighted by Gasteiger charge is 2.27. The van der Waals surface area contributed by atoms with Crippen LogP contribution in [0.4, 0.5) is 22.0 Å². The van der Waals surface area contributed by atoms with Crippen LogP contribution in [0.25, 0.3) is 0 Å². The molecule has 19 heavy (non-hydrogen) atoms. The van der Waals surface area contributed by atoms with E-state index in [-0.39, 0.29) is 12.6 Å². The summed E-state index contributed by atoms with van der Waals surface area (Å²) in [4.78, 5) is 1.59. The smallest absolute Gasteiger partial charge is 0.200 e. The van der Waals surface area contributed by atoms with Gasteiger partial charge in [0.05, 0.1) is 0 Å². The number of rotatable bonds is 2. The number of hydrogen-bond acceptors (Lipinski definition) is 2. The molecule has 0 saturated carbocycles. The standard InChI is InChI=1S/C12H13F5N2/c13-8-7(5-19-3-1-2-6(18)4-19)9(14)11(16)12(17)10(8)15/h6H,1-5,18H2. The number of benzene rings is 1. The zero-order valence-corrected chi connectivity index (χ0v) is 10.0. The summed E-state index contributed by atoms with van der Waals surface area (Å²) in [5.41, 5.74) is 4.90. The van der Waals surface area contributed by atoms with Crippen molar-refractivity contribution in [1.82, 2.24) is 4.90 Å². The number of likely N-dealkylation sites (tertiary alicyclic amines) is 1. The maximum absolute atomic E-state index is 13.5. The van der Waals surface area contributed by atoms with Crippen LogP contribution in [0.5, 0.6) is 0 Å². The first-order valence-electron chi connectivity index (χ1n) is 5.90. The van der Waals surface area contributed by atoms with E-state index < -0.39 is 34.6 Å². The molecular formula is C12H13F5N2. The third-order valence-corrected chi connectivity index (χ3v) is 3.22. The summed E-state index contributed by atoms with van der Waals surface area (Å²) < 4.78 is 65.9. The van der Waals surface area contributed by atoms with Crippen molar-refractivity contribution in [2.75, 3.05) is 13.1 Å². The Balaban J connectivity index is 2.30. The molecule has 2 N–H and O–H groups in total. The molecule has 0 bridgehead atoms. The van der Waals surface area contributed by atoms with Crippen LogP contribution in [-0.4, -0.2) is 24.0 Å². The molecule has 0 radical (unpaired) electrons. The van der Waals surface area contributed by atoms with Gasteiger partial charge in [-0.1, -0.05) is 0 Å². The van der Waals surface area contributed by atoms with Gasteiger partial charge in [0.2, 0.25) is 5.82 Å². The second-order valence-corrected chi connectivity index (χ2v) is 4.69. The summed E-state index contributed by atoms with van der Waals surface area (Å²) >= 11 is 0. The van der Waals surface area contributed by atoms with Gasteiger partial charge in [-0.05, 0) is 19.4 Å². The zero-order chi connectivity index (χ0) is 14.2. The lowest BCUT2D eigenvalue weighted by Gasteiger charge is -2.30. The molecule has 2 nitrogen and oxygen atoms in total. The third-order valence-electron chi connectivity index (χ3n) is 3.22. The number of nitrogens with zero attached hydrogens (tertiary/aromatic N) is 1. The van der Waals surface area contributed by atoms with E-state index in [2.05, 4.69) is 0 Å². The molecule has 1 saturated heterocycles. The van der Waals surface area contributed by atoms with E-state index in [9.17, 15) is 22.0 Å². The molecule has 1 aromatic rings. The van der Waals surface area contributed by atoms with E-state index in [1.54, 1.807) is 4.90 Å². The predicted molar refractivity (Wildman–Crippen MR) is 58.7 cm³/mol. The van der Waals surface area contributed by atoms with Crippen molar-refractivity contribution < 1.29 is 22.0 Å². The van der Waals surface area contributed by atoms with E-state index in [4.69, 9.17) is 5.73 Å². The van der Waals surface area contributed by atoms with Gasteiger partial charge in [-0.25, -0.2) is 22.0 Å². The lowest BCUT2D eigenvalue weighted by Crippen LogP contribution is -2.42. The fourth-order valence-electron chi connectivity index (χ4n) is 2.25. The molecule has 1 aromatic carbocycles. The van der Waals surface area contributed by atoms with Crippen molar-refractivity contribution in [1.29, 1.82) is 0 Å². The Kier molecular flexibility index (Phi) is 4.05. The van der Waals surface area contributed by atoms with Crippen molar-refractivity contribution in [3.8, 4) is 0 Å². The minimum atomic E-state index is -2.13. The quantitative estimate of drug-likeness (QED) is 0.512. The molecular weight excluding hydrogens is 267 g/mol. The van der Waals surface area contributed by atoms with Crippen LogP contribution >= 0.6 is 0 Å². The summed E-state index contributed by atoms with van der Waals surface area (Å²) in [7, 11) is 0. The van der Waals surface area contributed by atoms with Crippen LogP contribution in [-0.2, 0) is 6.54 Å². The molecule has 7 heteroatoms. The Bertz CT molecular complexity index is 462. The molecule has 1 atom stereocenters. The predicted octanol–water partition coefficient (Wildman–Crippen LogP) is 2.31. The number of nitrogens with two attached hydrogens (primary N) is 1. The van der Waals surface area contributed by atoms with Gasteiger partial charge in [-0.3, -0.25) is 4.90 Å². The highest BCUT2D eigenvalue weighted by Crippen LogP contribution is 2.25. The molecule has 0 spiro atoms. The molecule has 0 aromatic heterocycles. The Morgan fingerprint density at radius 1 is 0.947 bits per heavy atom. The summed E-state index contributed by atoms with van der Waals surface area (Å²) in [5, 5.41) is 0. The van der Waals surface area contributed by atoms with Crippen molar-refractivity contribution in [2.24, 2.45) is 5.73 Å². The molecule has 1 fully saturated rings. The molecule has 0 aliphatic carbocycles. The van der Waals surface area contributed by atoms with E-state index >= 15 is 0 Å². The first-order chi connectivity index (χ1) is 8.91. The van der Waals surface area contributed by atoms with Crippen molar-refractivity contribution >= 4 is 0 Å². The number of halogens is 5. The Morgan fingerprint density at radius 3 is 2.00 bits per heavy atom. The van der Waals surface area contributed by atoms with E-state index in [1.807, 2.05) is 0 Å². The topological polar surface area (TPSA) is 29.3 Å². The molecule has 1 heterocycles. The molecule has 1 aliphatic rings. The molecule has 1 aliphatic heterocycles. The van der Waals surface area contributed by atoms with Crippen molar-refractivity contribution in [2.45, 2.75) is 25.4 Å². The van der Waals surface area contributed by atoms with Crippen LogP contribution < -0.4 is 5.73 Å². The lowest BCUT2D eigenvalue weighted by atomic mass is 10.1. The van der Waals surface area contributed by atoms with Gasteiger partial charge in [0.1, 0.15) is 0 Å². The zero-order valence-electron chi connectivity index (χ0n) is 10.0. The Hall–Kier alpha value is -1.21. The fourth-order valence-corrected chi connectivity index (χ4v) is 2.25. The maximum atomic E-state index is 13.5. The van der Waals surface area contributed by atoms with Gasteiger partial charge in [-0.2, -0.15) is 0 Å². The molecule has 2 rings (SSSR count). The minimum absolute atomic E-state index is 0.144. The average molecular weight is 280 g/mol. The van der Waals surface area contributed by atoms with Crippen LogP contribution in [0.2, 0.25) is 0 Å². The molecule has 0 amide bonds. The fraction of sp³-hybridized carbons (Fsp3) is 0.500. The maximum Gasteiger partial charge on any atom is 0.200 e. The highest BCUT2D eigenvalue weighted by atomic mass is 19.2. The molecule has 1 unspecified atom stereocenters.